The molecule has 2 rings (SSSR count). The Labute approximate surface area is 113 Å². The minimum Gasteiger partial charge on any atom is -0.307 e. The minimum absolute atomic E-state index is 0.0710. The molecule has 1 aliphatic rings. The molecule has 1 aromatic rings. The van der Waals surface area contributed by atoms with Crippen molar-refractivity contribution in [2.24, 2.45) is 11.8 Å². The molecule has 1 heterocycles. The molecule has 1 unspecified atom stereocenters. The summed E-state index contributed by atoms with van der Waals surface area (Å²) in [5.41, 5.74) is 2.31. The fourth-order valence-electron chi connectivity index (χ4n) is 2.58. The number of nitrogen functional groups attached to an aromatic ring is 1. The van der Waals surface area contributed by atoms with Crippen LogP contribution in [0.4, 0.5) is 5.82 Å². The molecule has 1 aliphatic carbocycles. The van der Waals surface area contributed by atoms with Gasteiger partial charge >= 0.3 is 0 Å². The van der Waals surface area contributed by atoms with Crippen molar-refractivity contribution < 1.29 is 8.42 Å². The summed E-state index contributed by atoms with van der Waals surface area (Å²) in [5, 5.41) is 0. The van der Waals surface area contributed by atoms with E-state index in [1.807, 2.05) is 6.92 Å². The van der Waals surface area contributed by atoms with E-state index in [4.69, 9.17) is 5.84 Å². The second-order valence-electron chi connectivity index (χ2n) is 4.95. The smallest absolute Gasteiger partial charge is 0.244 e. The average molecular weight is 284 g/mol. The topological polar surface area (TPSA) is 97.1 Å². The third-order valence-corrected chi connectivity index (χ3v) is 5.24. The number of aromatic nitrogens is 1. The van der Waals surface area contributed by atoms with Crippen molar-refractivity contribution in [3.63, 3.8) is 0 Å². The van der Waals surface area contributed by atoms with Gasteiger partial charge in [0.1, 0.15) is 4.90 Å². The first kappa shape index (κ1) is 14.2. The van der Waals surface area contributed by atoms with Crippen molar-refractivity contribution in [2.75, 3.05) is 5.43 Å². The van der Waals surface area contributed by atoms with Gasteiger partial charge in [0, 0.05) is 12.2 Å². The summed E-state index contributed by atoms with van der Waals surface area (Å²) in [5.74, 6) is 5.87. The Morgan fingerprint density at radius 3 is 2.74 bits per heavy atom. The van der Waals surface area contributed by atoms with Gasteiger partial charge in [-0.25, -0.2) is 24.0 Å². The Bertz CT molecular complexity index is 526. The molecule has 6 nitrogen and oxygen atoms in total. The lowest BCUT2D eigenvalue weighted by molar-refractivity contribution is 0.424. The molecule has 0 radical (unpaired) electrons. The van der Waals surface area contributed by atoms with E-state index in [0.717, 1.165) is 12.8 Å². The van der Waals surface area contributed by atoms with Crippen molar-refractivity contribution in [3.8, 4) is 0 Å². The SMILES string of the molecule is CC(NS(=O)(=O)c1cccnc1NN)C1CCCC1. The maximum atomic E-state index is 12.3. The van der Waals surface area contributed by atoms with Gasteiger partial charge in [0.25, 0.3) is 0 Å². The summed E-state index contributed by atoms with van der Waals surface area (Å²) in [6.07, 6.45) is 6.02. The van der Waals surface area contributed by atoms with Crippen LogP contribution in [-0.4, -0.2) is 19.4 Å². The number of pyridine rings is 1. The molecule has 0 bridgehead atoms. The molecule has 1 saturated carbocycles. The highest BCUT2D eigenvalue weighted by atomic mass is 32.2. The summed E-state index contributed by atoms with van der Waals surface area (Å²) in [7, 11) is -3.59. The number of hydrogen-bond donors (Lipinski definition) is 3. The highest BCUT2D eigenvalue weighted by molar-refractivity contribution is 7.89. The van der Waals surface area contributed by atoms with Crippen LogP contribution >= 0.6 is 0 Å². The summed E-state index contributed by atoms with van der Waals surface area (Å²) in [4.78, 5) is 4.00. The highest BCUT2D eigenvalue weighted by Gasteiger charge is 2.27. The Hall–Kier alpha value is -1.18. The second-order valence-corrected chi connectivity index (χ2v) is 6.63. The molecule has 1 aromatic heterocycles. The Morgan fingerprint density at radius 2 is 2.11 bits per heavy atom. The van der Waals surface area contributed by atoms with Gasteiger partial charge < -0.3 is 5.43 Å². The fraction of sp³-hybridized carbons (Fsp3) is 0.583. The summed E-state index contributed by atoms with van der Waals surface area (Å²) >= 11 is 0. The number of anilines is 1. The normalized spacial score (nSPS) is 18.4. The molecular formula is C12H20N4O2S. The minimum atomic E-state index is -3.59. The van der Waals surface area contributed by atoms with E-state index in [9.17, 15) is 8.42 Å². The molecule has 106 valence electrons. The first-order valence-electron chi connectivity index (χ1n) is 6.48. The zero-order valence-electron chi connectivity index (χ0n) is 11.0. The molecule has 0 spiro atoms. The molecule has 4 N–H and O–H groups in total. The Balaban J connectivity index is 2.17. The average Bonchev–Trinajstić information content (AvgIpc) is 2.92. The van der Waals surface area contributed by atoms with E-state index in [0.29, 0.717) is 5.92 Å². The molecule has 0 aliphatic heterocycles. The van der Waals surface area contributed by atoms with Crippen molar-refractivity contribution in [1.82, 2.24) is 9.71 Å². The quantitative estimate of drug-likeness (QED) is 0.558. The lowest BCUT2D eigenvalue weighted by Gasteiger charge is -2.20. The van der Waals surface area contributed by atoms with Crippen LogP contribution in [0.5, 0.6) is 0 Å². The van der Waals surface area contributed by atoms with Crippen LogP contribution in [-0.2, 0) is 10.0 Å². The van der Waals surface area contributed by atoms with Crippen molar-refractivity contribution in [3.05, 3.63) is 18.3 Å². The van der Waals surface area contributed by atoms with E-state index in [1.165, 1.54) is 25.1 Å². The summed E-state index contributed by atoms with van der Waals surface area (Å²) < 4.78 is 27.4. The van der Waals surface area contributed by atoms with E-state index >= 15 is 0 Å². The molecule has 7 heteroatoms. The van der Waals surface area contributed by atoms with Crippen LogP contribution in [0.1, 0.15) is 32.6 Å². The van der Waals surface area contributed by atoms with Crippen LogP contribution in [0.25, 0.3) is 0 Å². The van der Waals surface area contributed by atoms with Crippen LogP contribution in [0.3, 0.4) is 0 Å². The number of nitrogens with one attached hydrogen (secondary N) is 2. The van der Waals surface area contributed by atoms with E-state index < -0.39 is 10.0 Å². The first-order valence-corrected chi connectivity index (χ1v) is 7.97. The largest absolute Gasteiger partial charge is 0.307 e. The molecule has 0 amide bonds. The number of hydrazine groups is 1. The predicted molar refractivity (Wildman–Crippen MR) is 73.8 cm³/mol. The summed E-state index contributed by atoms with van der Waals surface area (Å²) in [6, 6.07) is 3.00. The standard InChI is InChI=1S/C12H20N4O2S/c1-9(10-5-2-3-6-10)16-19(17,18)11-7-4-8-14-12(11)15-13/h4,7-10,16H,2-3,5-6,13H2,1H3,(H,14,15). The monoisotopic (exact) mass is 284 g/mol. The van der Waals surface area contributed by atoms with Crippen LogP contribution in [0.15, 0.2) is 23.2 Å². The number of rotatable bonds is 5. The van der Waals surface area contributed by atoms with Crippen LogP contribution in [0, 0.1) is 5.92 Å². The highest BCUT2D eigenvalue weighted by Crippen LogP contribution is 2.28. The van der Waals surface area contributed by atoms with Gasteiger partial charge in [0.2, 0.25) is 10.0 Å². The predicted octanol–water partition coefficient (Wildman–Crippen LogP) is 1.22. The second kappa shape index (κ2) is 5.85. The van der Waals surface area contributed by atoms with Gasteiger partial charge in [0.15, 0.2) is 5.82 Å². The first-order chi connectivity index (χ1) is 9.04. The van der Waals surface area contributed by atoms with Crippen LogP contribution in [0.2, 0.25) is 0 Å². The molecule has 0 aromatic carbocycles. The number of sulfonamides is 1. The van der Waals surface area contributed by atoms with Crippen molar-refractivity contribution >= 4 is 15.8 Å². The Kier molecular flexibility index (Phi) is 4.38. The Morgan fingerprint density at radius 1 is 1.42 bits per heavy atom. The third kappa shape index (κ3) is 3.23. The summed E-state index contributed by atoms with van der Waals surface area (Å²) in [6.45, 7) is 1.92. The van der Waals surface area contributed by atoms with E-state index in [2.05, 4.69) is 15.1 Å². The molecular weight excluding hydrogens is 264 g/mol. The van der Waals surface area contributed by atoms with E-state index in [1.54, 1.807) is 6.07 Å². The fourth-order valence-corrected chi connectivity index (χ4v) is 4.01. The van der Waals surface area contributed by atoms with Crippen LogP contribution < -0.4 is 16.0 Å². The number of hydrogen-bond acceptors (Lipinski definition) is 5. The third-order valence-electron chi connectivity index (χ3n) is 3.64. The molecule has 19 heavy (non-hydrogen) atoms. The van der Waals surface area contributed by atoms with Gasteiger partial charge in [0.05, 0.1) is 0 Å². The van der Waals surface area contributed by atoms with Gasteiger partial charge in [-0.15, -0.1) is 0 Å². The lowest BCUT2D eigenvalue weighted by atomic mass is 10.0. The van der Waals surface area contributed by atoms with Crippen molar-refractivity contribution in [2.45, 2.75) is 43.5 Å². The number of nitrogens with zero attached hydrogens (tertiary/aromatic N) is 1. The maximum Gasteiger partial charge on any atom is 0.244 e. The molecule has 1 fully saturated rings. The van der Waals surface area contributed by atoms with Gasteiger partial charge in [-0.1, -0.05) is 12.8 Å². The zero-order valence-corrected chi connectivity index (χ0v) is 11.8. The van der Waals surface area contributed by atoms with Gasteiger partial charge in [-0.05, 0) is 37.8 Å². The molecule has 1 atom stereocenters. The lowest BCUT2D eigenvalue weighted by Crippen LogP contribution is -2.37. The maximum absolute atomic E-state index is 12.3. The van der Waals surface area contributed by atoms with Gasteiger partial charge in [-0.3, -0.25) is 0 Å². The zero-order chi connectivity index (χ0) is 13.9. The van der Waals surface area contributed by atoms with Crippen molar-refractivity contribution in [1.29, 1.82) is 0 Å². The number of nitrogens with two attached hydrogens (primary N) is 1. The van der Waals surface area contributed by atoms with Gasteiger partial charge in [-0.2, -0.15) is 0 Å². The van der Waals surface area contributed by atoms with E-state index in [-0.39, 0.29) is 16.8 Å². The molecule has 0 saturated heterocycles.